The van der Waals surface area contributed by atoms with E-state index in [2.05, 4.69) is 13.0 Å². The molecule has 1 fully saturated rings. The first-order valence-electron chi connectivity index (χ1n) is 9.97. The van der Waals surface area contributed by atoms with Gasteiger partial charge in [0.05, 0.1) is 17.6 Å². The van der Waals surface area contributed by atoms with Gasteiger partial charge in [0.15, 0.2) is 0 Å². The van der Waals surface area contributed by atoms with Gasteiger partial charge in [0, 0.05) is 24.7 Å². The van der Waals surface area contributed by atoms with Gasteiger partial charge in [-0.15, -0.1) is 0 Å². The molecule has 4 atom stereocenters. The van der Waals surface area contributed by atoms with Crippen LogP contribution in [-0.4, -0.2) is 33.3 Å². The molecule has 1 saturated carbocycles. The molecule has 0 aromatic rings. The van der Waals surface area contributed by atoms with Crippen molar-refractivity contribution in [2.24, 2.45) is 17.8 Å². The molecule has 0 saturated heterocycles. The Morgan fingerprint density at radius 2 is 2.04 bits per heavy atom. The third-order valence-electron chi connectivity index (χ3n) is 5.23. The van der Waals surface area contributed by atoms with E-state index in [9.17, 15) is 24.8 Å². The average Bonchev–Trinajstić information content (AvgIpc) is 2.94. The first-order valence-corrected chi connectivity index (χ1v) is 9.97. The highest BCUT2D eigenvalue weighted by Crippen LogP contribution is 2.38. The highest BCUT2D eigenvalue weighted by atomic mass is 16.4. The fourth-order valence-electron chi connectivity index (χ4n) is 3.50. The zero-order valence-corrected chi connectivity index (χ0v) is 16.8. The summed E-state index contributed by atoms with van der Waals surface area (Å²) in [6.07, 6.45) is 11.6. The van der Waals surface area contributed by atoms with E-state index >= 15 is 0 Å². The predicted octanol–water partition coefficient (Wildman–Crippen LogP) is 3.60. The Morgan fingerprint density at radius 1 is 1.32 bits per heavy atom. The normalized spacial score (nSPS) is 24.5. The van der Waals surface area contributed by atoms with Crippen LogP contribution in [0.15, 0.2) is 24.3 Å². The molecule has 0 heterocycles. The maximum Gasteiger partial charge on any atom is 0.372 e. The molecule has 1 rings (SSSR count). The molecule has 154 valence electrons. The smallest absolute Gasteiger partial charge is 0.372 e. The van der Waals surface area contributed by atoms with Gasteiger partial charge in [0.25, 0.3) is 0 Å². The van der Waals surface area contributed by atoms with Crippen molar-refractivity contribution in [2.45, 2.75) is 70.8 Å². The number of nitrogens with zero attached hydrogens (tertiary/aromatic N) is 1. The van der Waals surface area contributed by atoms with Crippen molar-refractivity contribution in [3.8, 4) is 6.07 Å². The maximum atomic E-state index is 12.3. The van der Waals surface area contributed by atoms with Gasteiger partial charge in [-0.25, -0.2) is 4.79 Å². The van der Waals surface area contributed by atoms with Gasteiger partial charge in [-0.2, -0.15) is 5.26 Å². The van der Waals surface area contributed by atoms with Crippen molar-refractivity contribution >= 4 is 17.5 Å². The summed E-state index contributed by atoms with van der Waals surface area (Å²) in [5.41, 5.74) is -0.960. The fraction of sp³-hybridized carbons (Fsp3) is 0.636. The van der Waals surface area contributed by atoms with Gasteiger partial charge in [0.2, 0.25) is 5.78 Å². The topological polar surface area (TPSA) is 115 Å². The number of Topliss-reactive ketones (excluding diaryl/α,β-unsaturated/α-hetero) is 2. The molecule has 0 amide bonds. The van der Waals surface area contributed by atoms with E-state index in [1.165, 1.54) is 0 Å². The number of carbonyl (C=O) groups is 3. The summed E-state index contributed by atoms with van der Waals surface area (Å²) in [6, 6.07) is 2.20. The summed E-state index contributed by atoms with van der Waals surface area (Å²) < 4.78 is 0. The minimum Gasteiger partial charge on any atom is -0.476 e. The number of aliphatic carboxylic acids is 1. The Kier molecular flexibility index (Phi) is 9.81. The molecule has 2 N–H and O–H groups in total. The molecule has 0 radical (unpaired) electrons. The molecule has 1 aliphatic carbocycles. The fourth-order valence-corrected chi connectivity index (χ4v) is 3.50. The van der Waals surface area contributed by atoms with E-state index in [1.54, 1.807) is 25.2 Å². The van der Waals surface area contributed by atoms with E-state index in [4.69, 9.17) is 5.11 Å². The summed E-state index contributed by atoms with van der Waals surface area (Å²) >= 11 is 0. The lowest BCUT2D eigenvalue weighted by atomic mass is 9.85. The molecule has 0 bridgehead atoms. The lowest BCUT2D eigenvalue weighted by molar-refractivity contribution is -0.149. The predicted molar refractivity (Wildman–Crippen MR) is 105 cm³/mol. The number of hydrogen-bond donors (Lipinski definition) is 2. The van der Waals surface area contributed by atoms with Crippen LogP contribution < -0.4 is 0 Å². The molecule has 0 aliphatic heterocycles. The number of ketones is 2. The molecule has 0 aromatic carbocycles. The van der Waals surface area contributed by atoms with E-state index < -0.39 is 23.3 Å². The molecule has 6 nitrogen and oxygen atoms in total. The number of carbonyl (C=O) groups excluding carboxylic acids is 2. The number of carboxylic acid groups (broad SMARTS) is 1. The Morgan fingerprint density at radius 3 is 2.64 bits per heavy atom. The monoisotopic (exact) mass is 389 g/mol. The lowest BCUT2D eigenvalue weighted by Crippen LogP contribution is -2.22. The SMILES string of the molecule is CCCCCC(C)(O)C=CC1C(CC=CCCC(=O)C(=O)O)C(=O)C[C@@H]1C#N. The van der Waals surface area contributed by atoms with E-state index in [-0.39, 0.29) is 30.5 Å². The summed E-state index contributed by atoms with van der Waals surface area (Å²) in [7, 11) is 0. The Bertz CT molecular complexity index is 656. The van der Waals surface area contributed by atoms with Crippen molar-refractivity contribution in [3.05, 3.63) is 24.3 Å². The largest absolute Gasteiger partial charge is 0.476 e. The highest BCUT2D eigenvalue weighted by molar-refractivity contribution is 6.32. The average molecular weight is 389 g/mol. The Balaban J connectivity index is 2.71. The second-order valence-electron chi connectivity index (χ2n) is 7.74. The minimum atomic E-state index is -1.44. The number of aliphatic hydroxyl groups is 1. The second-order valence-corrected chi connectivity index (χ2v) is 7.74. The maximum absolute atomic E-state index is 12.3. The number of nitriles is 1. The summed E-state index contributed by atoms with van der Waals surface area (Å²) in [6.45, 7) is 3.84. The van der Waals surface area contributed by atoms with Crippen LogP contribution in [0.5, 0.6) is 0 Å². The van der Waals surface area contributed by atoms with Crippen LogP contribution in [0.1, 0.15) is 65.2 Å². The van der Waals surface area contributed by atoms with Crippen molar-refractivity contribution in [1.82, 2.24) is 0 Å². The molecular weight excluding hydrogens is 358 g/mol. The van der Waals surface area contributed by atoms with Crippen LogP contribution in [0.25, 0.3) is 0 Å². The minimum absolute atomic E-state index is 0.0260. The van der Waals surface area contributed by atoms with Gasteiger partial charge >= 0.3 is 5.97 Å². The molecular formula is C22H31NO5. The third kappa shape index (κ3) is 7.77. The number of unbranched alkanes of at least 4 members (excludes halogenated alkanes) is 2. The van der Waals surface area contributed by atoms with Crippen LogP contribution in [0, 0.1) is 29.1 Å². The van der Waals surface area contributed by atoms with Crippen LogP contribution in [0.3, 0.4) is 0 Å². The van der Waals surface area contributed by atoms with E-state index in [0.29, 0.717) is 19.3 Å². The number of rotatable bonds is 12. The van der Waals surface area contributed by atoms with Crippen molar-refractivity contribution in [1.29, 1.82) is 5.26 Å². The Labute approximate surface area is 166 Å². The van der Waals surface area contributed by atoms with Gasteiger partial charge < -0.3 is 10.2 Å². The van der Waals surface area contributed by atoms with Gasteiger partial charge in [-0.05, 0) is 26.2 Å². The second kappa shape index (κ2) is 11.6. The first-order chi connectivity index (χ1) is 13.2. The quantitative estimate of drug-likeness (QED) is 0.299. The summed E-state index contributed by atoms with van der Waals surface area (Å²) in [5, 5.41) is 28.4. The standard InChI is InChI=1S/C22H31NO5/c1-3-4-8-12-22(2,28)13-11-17-16(15-23)14-20(25)18(17)9-6-5-7-10-19(24)21(26)27/h5-6,11,13,16-18,28H,3-4,7-10,12,14H2,1-2H3,(H,26,27)/t16-,17?,18?,22?/m1/s1. The van der Waals surface area contributed by atoms with Crippen molar-refractivity contribution < 1.29 is 24.6 Å². The summed E-state index contributed by atoms with van der Waals surface area (Å²) in [5.74, 6) is -3.23. The summed E-state index contributed by atoms with van der Waals surface area (Å²) in [4.78, 5) is 33.9. The Hall–Kier alpha value is -2.26. The van der Waals surface area contributed by atoms with Crippen LogP contribution in [0.4, 0.5) is 0 Å². The zero-order chi connectivity index (χ0) is 21.2. The van der Waals surface area contributed by atoms with E-state index in [1.807, 2.05) is 6.08 Å². The molecule has 0 spiro atoms. The number of allylic oxidation sites excluding steroid dienone is 3. The third-order valence-corrected chi connectivity index (χ3v) is 5.23. The number of carboxylic acids is 1. The molecule has 1 aliphatic rings. The zero-order valence-electron chi connectivity index (χ0n) is 16.8. The van der Waals surface area contributed by atoms with Gasteiger partial charge in [0.1, 0.15) is 5.78 Å². The van der Waals surface area contributed by atoms with Crippen LogP contribution in [0.2, 0.25) is 0 Å². The van der Waals surface area contributed by atoms with Crippen LogP contribution >= 0.6 is 0 Å². The lowest BCUT2D eigenvalue weighted by Gasteiger charge is -2.21. The molecule has 6 heteroatoms. The van der Waals surface area contributed by atoms with Gasteiger partial charge in [-0.1, -0.05) is 50.5 Å². The van der Waals surface area contributed by atoms with Crippen molar-refractivity contribution in [2.75, 3.05) is 0 Å². The number of hydrogen-bond acceptors (Lipinski definition) is 5. The van der Waals surface area contributed by atoms with Crippen LogP contribution in [-0.2, 0) is 14.4 Å². The van der Waals surface area contributed by atoms with Gasteiger partial charge in [-0.3, -0.25) is 9.59 Å². The van der Waals surface area contributed by atoms with E-state index in [0.717, 1.165) is 19.3 Å². The first kappa shape index (κ1) is 23.8. The molecule has 0 aromatic heterocycles. The highest BCUT2D eigenvalue weighted by Gasteiger charge is 2.40. The molecule has 3 unspecified atom stereocenters. The molecule has 28 heavy (non-hydrogen) atoms. The van der Waals surface area contributed by atoms with Crippen molar-refractivity contribution in [3.63, 3.8) is 0 Å².